The number of hydrogen-bond donors (Lipinski definition) is 1. The van der Waals surface area contributed by atoms with Gasteiger partial charge in [-0.05, 0) is 53.8 Å². The van der Waals surface area contributed by atoms with Crippen molar-refractivity contribution in [2.45, 2.75) is 39.7 Å². The highest BCUT2D eigenvalue weighted by Crippen LogP contribution is 2.24. The summed E-state index contributed by atoms with van der Waals surface area (Å²) in [5.41, 5.74) is 4.16. The van der Waals surface area contributed by atoms with Crippen LogP contribution in [-0.2, 0) is 6.42 Å². The van der Waals surface area contributed by atoms with E-state index in [4.69, 9.17) is 0 Å². The Morgan fingerprint density at radius 3 is 2.60 bits per heavy atom. The Balaban J connectivity index is 1.86. The van der Waals surface area contributed by atoms with Crippen LogP contribution in [0.2, 0.25) is 0 Å². The molecule has 2 nitrogen and oxygen atoms in total. The third-order valence-corrected chi connectivity index (χ3v) is 4.72. The number of aryl methyl sites for hydroxylation is 2. The Hall–Kier alpha value is -2.61. The molecule has 2 heteroatoms. The Kier molecular flexibility index (Phi) is 5.18. The molecule has 0 saturated carbocycles. The van der Waals surface area contributed by atoms with Crippen molar-refractivity contribution < 1.29 is 4.79 Å². The first kappa shape index (κ1) is 17.2. The van der Waals surface area contributed by atoms with Crippen LogP contribution in [0.25, 0.3) is 10.8 Å². The number of fused-ring (bicyclic) bond motifs is 1. The summed E-state index contributed by atoms with van der Waals surface area (Å²) in [6.45, 7) is 6.19. The molecule has 0 saturated heterocycles. The second-order valence-electron chi connectivity index (χ2n) is 6.66. The zero-order valence-electron chi connectivity index (χ0n) is 15.2. The SMILES string of the molecule is CCCc1ccc(C)c(C(=O)N[C@H](C)c2cccc3ccccc23)c1. The second-order valence-corrected chi connectivity index (χ2v) is 6.66. The molecule has 0 aliphatic rings. The summed E-state index contributed by atoms with van der Waals surface area (Å²) in [5.74, 6) is -0.00381. The smallest absolute Gasteiger partial charge is 0.252 e. The van der Waals surface area contributed by atoms with E-state index in [9.17, 15) is 4.79 Å². The summed E-state index contributed by atoms with van der Waals surface area (Å²) in [6.07, 6.45) is 2.08. The predicted octanol–water partition coefficient (Wildman–Crippen LogP) is 5.59. The summed E-state index contributed by atoms with van der Waals surface area (Å²) in [6, 6.07) is 20.7. The second kappa shape index (κ2) is 7.52. The minimum atomic E-state index is -0.0483. The lowest BCUT2D eigenvalue weighted by atomic mass is 9.98. The molecule has 1 amide bonds. The van der Waals surface area contributed by atoms with Crippen LogP contribution in [-0.4, -0.2) is 5.91 Å². The fourth-order valence-electron chi connectivity index (χ4n) is 3.34. The van der Waals surface area contributed by atoms with Crippen LogP contribution in [0.1, 0.15) is 53.4 Å². The van der Waals surface area contributed by atoms with Crippen LogP contribution in [0.15, 0.2) is 60.7 Å². The van der Waals surface area contributed by atoms with Crippen molar-refractivity contribution >= 4 is 16.7 Å². The van der Waals surface area contributed by atoms with E-state index in [0.29, 0.717) is 0 Å². The highest BCUT2D eigenvalue weighted by molar-refractivity contribution is 5.96. The molecule has 0 spiro atoms. The zero-order chi connectivity index (χ0) is 17.8. The van der Waals surface area contributed by atoms with Crippen LogP contribution in [0.3, 0.4) is 0 Å². The van der Waals surface area contributed by atoms with Crippen LogP contribution in [0.5, 0.6) is 0 Å². The van der Waals surface area contributed by atoms with E-state index in [1.54, 1.807) is 0 Å². The number of amides is 1. The molecule has 1 N–H and O–H groups in total. The van der Waals surface area contributed by atoms with Crippen molar-refractivity contribution in [3.05, 3.63) is 82.9 Å². The molecule has 25 heavy (non-hydrogen) atoms. The molecule has 0 unspecified atom stereocenters. The first-order valence-electron chi connectivity index (χ1n) is 8.98. The van der Waals surface area contributed by atoms with E-state index in [1.165, 1.54) is 16.3 Å². The molecule has 0 fully saturated rings. The van der Waals surface area contributed by atoms with Gasteiger partial charge in [0.15, 0.2) is 0 Å². The fourth-order valence-corrected chi connectivity index (χ4v) is 3.34. The molecule has 3 rings (SSSR count). The normalized spacial score (nSPS) is 12.1. The molecule has 0 aliphatic carbocycles. The van der Waals surface area contributed by atoms with E-state index >= 15 is 0 Å². The molecule has 0 bridgehead atoms. The Labute approximate surface area is 149 Å². The molecule has 1 atom stereocenters. The first-order chi connectivity index (χ1) is 12.1. The number of hydrogen-bond acceptors (Lipinski definition) is 1. The topological polar surface area (TPSA) is 29.1 Å². The fraction of sp³-hybridized carbons (Fsp3) is 0.261. The largest absolute Gasteiger partial charge is 0.345 e. The minimum Gasteiger partial charge on any atom is -0.345 e. The lowest BCUT2D eigenvalue weighted by Gasteiger charge is -2.18. The van der Waals surface area contributed by atoms with Gasteiger partial charge in [0.05, 0.1) is 6.04 Å². The third-order valence-electron chi connectivity index (χ3n) is 4.72. The average Bonchev–Trinajstić information content (AvgIpc) is 2.63. The average molecular weight is 331 g/mol. The summed E-state index contributed by atoms with van der Waals surface area (Å²) >= 11 is 0. The van der Waals surface area contributed by atoms with Crippen molar-refractivity contribution in [2.24, 2.45) is 0 Å². The summed E-state index contributed by atoms with van der Waals surface area (Å²) < 4.78 is 0. The molecule has 3 aromatic carbocycles. The third kappa shape index (κ3) is 3.74. The van der Waals surface area contributed by atoms with Crippen LogP contribution >= 0.6 is 0 Å². The monoisotopic (exact) mass is 331 g/mol. The van der Waals surface area contributed by atoms with Gasteiger partial charge in [-0.3, -0.25) is 4.79 Å². The van der Waals surface area contributed by atoms with Crippen molar-refractivity contribution in [2.75, 3.05) is 0 Å². The Morgan fingerprint density at radius 2 is 1.80 bits per heavy atom. The first-order valence-corrected chi connectivity index (χ1v) is 8.98. The van der Waals surface area contributed by atoms with Gasteiger partial charge in [-0.2, -0.15) is 0 Å². The highest BCUT2D eigenvalue weighted by Gasteiger charge is 2.15. The molecule has 0 heterocycles. The molecule has 0 aliphatic heterocycles. The molecular formula is C23H25NO. The lowest BCUT2D eigenvalue weighted by Crippen LogP contribution is -2.27. The van der Waals surface area contributed by atoms with Crippen molar-refractivity contribution in [3.63, 3.8) is 0 Å². The number of carbonyl (C=O) groups excluding carboxylic acids is 1. The van der Waals surface area contributed by atoms with Gasteiger partial charge in [0, 0.05) is 5.56 Å². The van der Waals surface area contributed by atoms with Gasteiger partial charge in [0.2, 0.25) is 0 Å². The van der Waals surface area contributed by atoms with Crippen LogP contribution in [0.4, 0.5) is 0 Å². The van der Waals surface area contributed by atoms with Crippen LogP contribution in [0, 0.1) is 6.92 Å². The number of benzene rings is 3. The van der Waals surface area contributed by atoms with Gasteiger partial charge >= 0.3 is 0 Å². The van der Waals surface area contributed by atoms with Gasteiger partial charge < -0.3 is 5.32 Å². The number of carbonyl (C=O) groups is 1. The van der Waals surface area contributed by atoms with Gasteiger partial charge in [0.1, 0.15) is 0 Å². The Morgan fingerprint density at radius 1 is 1.04 bits per heavy atom. The summed E-state index contributed by atoms with van der Waals surface area (Å²) in [4.78, 5) is 12.8. The quantitative estimate of drug-likeness (QED) is 0.648. The van der Waals surface area contributed by atoms with Gasteiger partial charge in [-0.1, -0.05) is 67.9 Å². The molecule has 0 aromatic heterocycles. The van der Waals surface area contributed by atoms with Gasteiger partial charge in [0.25, 0.3) is 5.91 Å². The maximum Gasteiger partial charge on any atom is 0.252 e. The van der Waals surface area contributed by atoms with Crippen molar-refractivity contribution in [3.8, 4) is 0 Å². The molecule has 0 radical (unpaired) electrons. The van der Waals surface area contributed by atoms with Gasteiger partial charge in [-0.25, -0.2) is 0 Å². The number of nitrogens with one attached hydrogen (secondary N) is 1. The molecular weight excluding hydrogens is 306 g/mol. The van der Waals surface area contributed by atoms with E-state index in [2.05, 4.69) is 42.6 Å². The van der Waals surface area contributed by atoms with E-state index in [1.807, 2.05) is 44.2 Å². The Bertz CT molecular complexity index is 892. The minimum absolute atomic E-state index is 0.00381. The van der Waals surface area contributed by atoms with E-state index < -0.39 is 0 Å². The predicted molar refractivity (Wildman–Crippen MR) is 105 cm³/mol. The van der Waals surface area contributed by atoms with E-state index in [-0.39, 0.29) is 11.9 Å². The summed E-state index contributed by atoms with van der Waals surface area (Å²) in [5, 5.41) is 5.56. The number of rotatable bonds is 5. The maximum atomic E-state index is 12.8. The molecule has 3 aromatic rings. The van der Waals surface area contributed by atoms with Crippen LogP contribution < -0.4 is 5.32 Å². The summed E-state index contributed by atoms with van der Waals surface area (Å²) in [7, 11) is 0. The maximum absolute atomic E-state index is 12.8. The van der Waals surface area contributed by atoms with Crippen molar-refractivity contribution in [1.29, 1.82) is 0 Å². The van der Waals surface area contributed by atoms with E-state index in [0.717, 1.165) is 29.5 Å². The van der Waals surface area contributed by atoms with Gasteiger partial charge in [-0.15, -0.1) is 0 Å². The zero-order valence-corrected chi connectivity index (χ0v) is 15.2. The van der Waals surface area contributed by atoms with Crippen molar-refractivity contribution in [1.82, 2.24) is 5.32 Å². The highest BCUT2D eigenvalue weighted by atomic mass is 16.1. The molecule has 128 valence electrons. The standard InChI is InChI=1S/C23H25NO/c1-4-8-18-14-13-16(2)22(15-18)23(25)24-17(3)20-12-7-10-19-9-5-6-11-21(19)20/h5-7,9-15,17H,4,8H2,1-3H3,(H,24,25)/t17-/m1/s1. The lowest BCUT2D eigenvalue weighted by molar-refractivity contribution is 0.0939.